The average Bonchev–Trinajstić information content (AvgIpc) is 2.72. The third-order valence-corrected chi connectivity index (χ3v) is 5.21. The number of carboxylic acids is 1. The predicted molar refractivity (Wildman–Crippen MR) is 67.5 cm³/mol. The lowest BCUT2D eigenvalue weighted by Gasteiger charge is -2.37. The Balaban J connectivity index is 1.61. The lowest BCUT2D eigenvalue weighted by atomic mass is 9.73. The van der Waals surface area contributed by atoms with Gasteiger partial charge in [0.15, 0.2) is 0 Å². The molecule has 0 aromatic rings. The van der Waals surface area contributed by atoms with Crippen LogP contribution in [0.15, 0.2) is 0 Å². The molecule has 1 spiro atoms. The molecule has 0 radical (unpaired) electrons. The van der Waals surface area contributed by atoms with Gasteiger partial charge in [-0.2, -0.15) is 0 Å². The van der Waals surface area contributed by atoms with E-state index in [0.717, 1.165) is 52.0 Å². The van der Waals surface area contributed by atoms with Crippen molar-refractivity contribution in [3.8, 4) is 0 Å². The van der Waals surface area contributed by atoms with Gasteiger partial charge in [-0.1, -0.05) is 0 Å². The van der Waals surface area contributed by atoms with Gasteiger partial charge in [-0.3, -0.25) is 9.59 Å². The zero-order valence-electron chi connectivity index (χ0n) is 11.1. The summed E-state index contributed by atoms with van der Waals surface area (Å²) in [5.41, 5.74) is 0.246. The molecule has 3 aliphatic rings. The first-order valence-corrected chi connectivity index (χ1v) is 7.21. The summed E-state index contributed by atoms with van der Waals surface area (Å²) in [5, 5.41) is 9.05. The number of ether oxygens (including phenoxy) is 1. The zero-order valence-corrected chi connectivity index (χ0v) is 11.1. The van der Waals surface area contributed by atoms with Crippen LogP contribution in [-0.4, -0.2) is 48.2 Å². The zero-order chi connectivity index (χ0) is 13.5. The van der Waals surface area contributed by atoms with Gasteiger partial charge in [0.05, 0.1) is 11.8 Å². The van der Waals surface area contributed by atoms with Crippen LogP contribution >= 0.6 is 0 Å². The van der Waals surface area contributed by atoms with Gasteiger partial charge < -0.3 is 14.7 Å². The monoisotopic (exact) mass is 267 g/mol. The normalized spacial score (nSPS) is 33.2. The molecule has 3 rings (SSSR count). The van der Waals surface area contributed by atoms with E-state index in [-0.39, 0.29) is 17.2 Å². The molecule has 1 aliphatic carbocycles. The molecule has 5 nitrogen and oxygen atoms in total. The van der Waals surface area contributed by atoms with Crippen LogP contribution in [0, 0.1) is 17.3 Å². The number of rotatable bonds is 2. The standard InChI is InChI=1S/C14H21NO4/c16-12(10-1-2-11(10)13(17)18)15-6-3-14(9-15)4-7-19-8-5-14/h10-11H,1-9H2,(H,17,18). The third-order valence-electron chi connectivity index (χ3n) is 5.21. The van der Waals surface area contributed by atoms with Gasteiger partial charge in [-0.25, -0.2) is 0 Å². The van der Waals surface area contributed by atoms with E-state index >= 15 is 0 Å². The van der Waals surface area contributed by atoms with Crippen LogP contribution in [0.25, 0.3) is 0 Å². The maximum Gasteiger partial charge on any atom is 0.307 e. The van der Waals surface area contributed by atoms with E-state index in [2.05, 4.69) is 0 Å². The Kier molecular flexibility index (Phi) is 3.25. The maximum absolute atomic E-state index is 12.4. The predicted octanol–water partition coefficient (Wildman–Crippen LogP) is 1.13. The van der Waals surface area contributed by atoms with Crippen molar-refractivity contribution >= 4 is 11.9 Å². The fraction of sp³-hybridized carbons (Fsp3) is 0.857. The number of carboxylic acid groups (broad SMARTS) is 1. The number of hydrogen-bond acceptors (Lipinski definition) is 3. The first kappa shape index (κ1) is 12.9. The SMILES string of the molecule is O=C(O)C1CCC1C(=O)N1CCC2(CCOCC2)C1. The fourth-order valence-electron chi connectivity index (χ4n) is 3.66. The van der Waals surface area contributed by atoms with Crippen molar-refractivity contribution in [3.05, 3.63) is 0 Å². The summed E-state index contributed by atoms with van der Waals surface area (Å²) in [6.45, 7) is 3.19. The van der Waals surface area contributed by atoms with Crippen LogP contribution in [-0.2, 0) is 14.3 Å². The molecule has 1 N–H and O–H groups in total. The molecule has 2 aliphatic heterocycles. The third kappa shape index (κ3) is 2.24. The highest BCUT2D eigenvalue weighted by Crippen LogP contribution is 2.42. The van der Waals surface area contributed by atoms with Crippen LogP contribution in [0.1, 0.15) is 32.1 Å². The quantitative estimate of drug-likeness (QED) is 0.814. The first-order chi connectivity index (χ1) is 9.11. The molecule has 2 unspecified atom stereocenters. The van der Waals surface area contributed by atoms with Crippen molar-refractivity contribution < 1.29 is 19.4 Å². The van der Waals surface area contributed by atoms with Gasteiger partial charge >= 0.3 is 5.97 Å². The van der Waals surface area contributed by atoms with Crippen molar-refractivity contribution in [1.29, 1.82) is 0 Å². The highest BCUT2D eigenvalue weighted by molar-refractivity contribution is 5.86. The van der Waals surface area contributed by atoms with E-state index in [4.69, 9.17) is 9.84 Å². The molecule has 5 heteroatoms. The van der Waals surface area contributed by atoms with Crippen LogP contribution < -0.4 is 0 Å². The van der Waals surface area contributed by atoms with Crippen LogP contribution in [0.3, 0.4) is 0 Å². The molecule has 2 atom stereocenters. The van der Waals surface area contributed by atoms with E-state index in [1.807, 2.05) is 4.90 Å². The van der Waals surface area contributed by atoms with E-state index in [0.29, 0.717) is 6.42 Å². The van der Waals surface area contributed by atoms with Crippen LogP contribution in [0.5, 0.6) is 0 Å². The van der Waals surface area contributed by atoms with E-state index in [1.54, 1.807) is 0 Å². The van der Waals surface area contributed by atoms with Crippen molar-refractivity contribution in [2.45, 2.75) is 32.1 Å². The molecule has 1 saturated carbocycles. The number of hydrogen-bond donors (Lipinski definition) is 1. The summed E-state index contributed by atoms with van der Waals surface area (Å²) in [6, 6.07) is 0. The second kappa shape index (κ2) is 4.78. The largest absolute Gasteiger partial charge is 0.481 e. The second-order valence-electron chi connectivity index (χ2n) is 6.25. The summed E-state index contributed by atoms with van der Waals surface area (Å²) in [6.07, 6.45) is 4.50. The lowest BCUT2D eigenvalue weighted by molar-refractivity contribution is -0.156. The maximum atomic E-state index is 12.4. The molecule has 0 aromatic heterocycles. The highest BCUT2D eigenvalue weighted by Gasteiger charge is 2.47. The molecule has 19 heavy (non-hydrogen) atoms. The number of amides is 1. The molecule has 0 aromatic carbocycles. The highest BCUT2D eigenvalue weighted by atomic mass is 16.5. The molecular weight excluding hydrogens is 246 g/mol. The molecule has 2 saturated heterocycles. The summed E-state index contributed by atoms with van der Waals surface area (Å²) >= 11 is 0. The summed E-state index contributed by atoms with van der Waals surface area (Å²) in [7, 11) is 0. The minimum absolute atomic E-state index is 0.0713. The summed E-state index contributed by atoms with van der Waals surface area (Å²) in [4.78, 5) is 25.3. The number of carbonyl (C=O) groups is 2. The molecule has 1 amide bonds. The molecular formula is C14H21NO4. The summed E-state index contributed by atoms with van der Waals surface area (Å²) in [5.74, 6) is -1.46. The smallest absolute Gasteiger partial charge is 0.307 e. The minimum Gasteiger partial charge on any atom is -0.481 e. The number of carbonyl (C=O) groups excluding carboxylic acids is 1. The minimum atomic E-state index is -0.815. The van der Waals surface area contributed by atoms with Crippen LogP contribution in [0.4, 0.5) is 0 Å². The van der Waals surface area contributed by atoms with E-state index in [9.17, 15) is 9.59 Å². The van der Waals surface area contributed by atoms with Gasteiger partial charge in [0, 0.05) is 26.3 Å². The van der Waals surface area contributed by atoms with Gasteiger partial charge in [-0.15, -0.1) is 0 Å². The number of aliphatic carboxylic acids is 1. The fourth-order valence-corrected chi connectivity index (χ4v) is 3.66. The average molecular weight is 267 g/mol. The Hall–Kier alpha value is -1.10. The Morgan fingerprint density at radius 2 is 1.79 bits per heavy atom. The topological polar surface area (TPSA) is 66.8 Å². The van der Waals surface area contributed by atoms with Crippen LogP contribution in [0.2, 0.25) is 0 Å². The van der Waals surface area contributed by atoms with Crippen molar-refractivity contribution in [1.82, 2.24) is 4.90 Å². The van der Waals surface area contributed by atoms with Gasteiger partial charge in [0.25, 0.3) is 0 Å². The van der Waals surface area contributed by atoms with Gasteiger partial charge in [-0.05, 0) is 37.5 Å². The Morgan fingerprint density at radius 3 is 2.37 bits per heavy atom. The van der Waals surface area contributed by atoms with Crippen molar-refractivity contribution in [2.24, 2.45) is 17.3 Å². The van der Waals surface area contributed by atoms with Gasteiger partial charge in [0.1, 0.15) is 0 Å². The number of likely N-dealkylation sites (tertiary alicyclic amines) is 1. The molecule has 3 fully saturated rings. The summed E-state index contributed by atoms with van der Waals surface area (Å²) < 4.78 is 5.40. The molecule has 0 bridgehead atoms. The molecule has 106 valence electrons. The first-order valence-electron chi connectivity index (χ1n) is 7.21. The second-order valence-corrected chi connectivity index (χ2v) is 6.25. The Labute approximate surface area is 112 Å². The van der Waals surface area contributed by atoms with E-state index in [1.165, 1.54) is 0 Å². The van der Waals surface area contributed by atoms with Crippen molar-refractivity contribution in [3.63, 3.8) is 0 Å². The Morgan fingerprint density at radius 1 is 1.11 bits per heavy atom. The van der Waals surface area contributed by atoms with Gasteiger partial charge in [0.2, 0.25) is 5.91 Å². The molecule has 2 heterocycles. The number of nitrogens with zero attached hydrogens (tertiary/aromatic N) is 1. The Bertz CT molecular complexity index is 389. The lowest BCUT2D eigenvalue weighted by Crippen LogP contribution is -2.46. The van der Waals surface area contributed by atoms with E-state index < -0.39 is 11.9 Å². The van der Waals surface area contributed by atoms with Crippen molar-refractivity contribution in [2.75, 3.05) is 26.3 Å².